The van der Waals surface area contributed by atoms with Gasteiger partial charge in [0.1, 0.15) is 0 Å². The SMILES string of the molecule is O=C(CCc1ccccc1)NCCn1cnc(C2CCCC2)cc1=O. The van der Waals surface area contributed by atoms with E-state index in [1.807, 2.05) is 30.3 Å². The average Bonchev–Trinajstić information content (AvgIpc) is 3.17. The molecule has 1 N–H and O–H groups in total. The van der Waals surface area contributed by atoms with Gasteiger partial charge in [0.15, 0.2) is 0 Å². The van der Waals surface area contributed by atoms with Crippen molar-refractivity contribution in [1.82, 2.24) is 14.9 Å². The number of carbonyl (C=O) groups is 1. The fourth-order valence-electron chi connectivity index (χ4n) is 3.36. The molecule has 0 radical (unpaired) electrons. The van der Waals surface area contributed by atoms with Crippen LogP contribution in [0.2, 0.25) is 0 Å². The van der Waals surface area contributed by atoms with Crippen LogP contribution in [0.1, 0.15) is 49.3 Å². The lowest BCUT2D eigenvalue weighted by molar-refractivity contribution is -0.121. The Kier molecular flexibility index (Phi) is 5.99. The van der Waals surface area contributed by atoms with Crippen LogP contribution in [0.3, 0.4) is 0 Å². The van der Waals surface area contributed by atoms with Crippen LogP contribution >= 0.6 is 0 Å². The molecule has 3 rings (SSSR count). The molecular weight excluding hydrogens is 314 g/mol. The van der Waals surface area contributed by atoms with Crippen molar-refractivity contribution in [2.75, 3.05) is 6.54 Å². The first-order valence-corrected chi connectivity index (χ1v) is 9.09. The molecule has 0 saturated heterocycles. The van der Waals surface area contributed by atoms with Crippen molar-refractivity contribution in [1.29, 1.82) is 0 Å². The van der Waals surface area contributed by atoms with Gasteiger partial charge in [0.25, 0.3) is 5.56 Å². The van der Waals surface area contributed by atoms with Crippen LogP contribution in [0.25, 0.3) is 0 Å². The summed E-state index contributed by atoms with van der Waals surface area (Å²) in [7, 11) is 0. The zero-order valence-electron chi connectivity index (χ0n) is 14.5. The average molecular weight is 339 g/mol. The third-order valence-corrected chi connectivity index (χ3v) is 4.83. The summed E-state index contributed by atoms with van der Waals surface area (Å²) in [4.78, 5) is 28.5. The number of aryl methyl sites for hydroxylation is 1. The third-order valence-electron chi connectivity index (χ3n) is 4.83. The summed E-state index contributed by atoms with van der Waals surface area (Å²) in [6.45, 7) is 0.895. The number of carbonyl (C=O) groups excluding carboxylic acids is 1. The van der Waals surface area contributed by atoms with Crippen molar-refractivity contribution in [2.45, 2.75) is 51.0 Å². The monoisotopic (exact) mass is 339 g/mol. The second-order valence-electron chi connectivity index (χ2n) is 6.66. The highest BCUT2D eigenvalue weighted by molar-refractivity contribution is 5.76. The molecular formula is C20H25N3O2. The van der Waals surface area contributed by atoms with Crippen molar-refractivity contribution in [2.24, 2.45) is 0 Å². The fourth-order valence-corrected chi connectivity index (χ4v) is 3.36. The predicted octanol–water partition coefficient (Wildman–Crippen LogP) is 2.65. The molecule has 1 fully saturated rings. The summed E-state index contributed by atoms with van der Waals surface area (Å²) in [6.07, 6.45) is 7.52. The Morgan fingerprint density at radius 3 is 2.68 bits per heavy atom. The van der Waals surface area contributed by atoms with E-state index < -0.39 is 0 Å². The van der Waals surface area contributed by atoms with Gasteiger partial charge in [0.2, 0.25) is 5.91 Å². The molecule has 1 saturated carbocycles. The van der Waals surface area contributed by atoms with Crippen LogP contribution < -0.4 is 10.9 Å². The Balaban J connectivity index is 1.43. The molecule has 5 nitrogen and oxygen atoms in total. The Labute approximate surface area is 148 Å². The molecule has 0 bridgehead atoms. The van der Waals surface area contributed by atoms with Crippen LogP contribution in [0.15, 0.2) is 47.5 Å². The summed E-state index contributed by atoms with van der Waals surface area (Å²) in [5.74, 6) is 0.451. The van der Waals surface area contributed by atoms with Gasteiger partial charge >= 0.3 is 0 Å². The van der Waals surface area contributed by atoms with Gasteiger partial charge in [0.05, 0.1) is 12.0 Å². The minimum atomic E-state index is -0.0320. The second-order valence-corrected chi connectivity index (χ2v) is 6.66. The molecule has 0 spiro atoms. The van der Waals surface area contributed by atoms with E-state index in [4.69, 9.17) is 0 Å². The molecule has 1 aliphatic rings. The summed E-state index contributed by atoms with van der Waals surface area (Å²) in [5, 5.41) is 2.87. The number of nitrogens with one attached hydrogen (secondary N) is 1. The molecule has 1 heterocycles. The number of hydrogen-bond acceptors (Lipinski definition) is 3. The zero-order chi connectivity index (χ0) is 17.5. The first kappa shape index (κ1) is 17.4. The molecule has 25 heavy (non-hydrogen) atoms. The van der Waals surface area contributed by atoms with Crippen LogP contribution in [0.4, 0.5) is 0 Å². The molecule has 132 valence electrons. The van der Waals surface area contributed by atoms with Gasteiger partial charge in [-0.25, -0.2) is 4.98 Å². The molecule has 1 aromatic carbocycles. The number of aromatic nitrogens is 2. The van der Waals surface area contributed by atoms with Gasteiger partial charge in [0, 0.05) is 31.5 Å². The maximum Gasteiger partial charge on any atom is 0.253 e. The molecule has 1 amide bonds. The van der Waals surface area contributed by atoms with E-state index in [1.54, 1.807) is 17.0 Å². The van der Waals surface area contributed by atoms with E-state index in [2.05, 4.69) is 10.3 Å². The van der Waals surface area contributed by atoms with Gasteiger partial charge < -0.3 is 5.32 Å². The van der Waals surface area contributed by atoms with E-state index >= 15 is 0 Å². The molecule has 0 aliphatic heterocycles. The van der Waals surface area contributed by atoms with E-state index in [1.165, 1.54) is 12.8 Å². The quantitative estimate of drug-likeness (QED) is 0.843. The molecule has 0 unspecified atom stereocenters. The number of hydrogen-bond donors (Lipinski definition) is 1. The highest BCUT2D eigenvalue weighted by Crippen LogP contribution is 2.32. The maximum atomic E-state index is 12.2. The summed E-state index contributed by atoms with van der Waals surface area (Å²) in [6, 6.07) is 11.6. The van der Waals surface area contributed by atoms with Crippen LogP contribution in [0.5, 0.6) is 0 Å². The second kappa shape index (κ2) is 8.60. The summed E-state index contributed by atoms with van der Waals surface area (Å²) in [5.41, 5.74) is 2.04. The third kappa shape index (κ3) is 5.02. The number of rotatable bonds is 7. The van der Waals surface area contributed by atoms with Crippen LogP contribution in [0, 0.1) is 0 Å². The summed E-state index contributed by atoms with van der Waals surface area (Å²) >= 11 is 0. The Bertz CT molecular complexity index is 749. The fraction of sp³-hybridized carbons (Fsp3) is 0.450. The topological polar surface area (TPSA) is 64.0 Å². The normalized spacial score (nSPS) is 14.6. The molecule has 1 aromatic heterocycles. The minimum absolute atomic E-state index is 0.00689. The predicted molar refractivity (Wildman–Crippen MR) is 97.5 cm³/mol. The van der Waals surface area contributed by atoms with Gasteiger partial charge in [-0.3, -0.25) is 14.2 Å². The Hall–Kier alpha value is -2.43. The van der Waals surface area contributed by atoms with E-state index in [0.29, 0.717) is 25.4 Å². The van der Waals surface area contributed by atoms with Gasteiger partial charge in [-0.05, 0) is 24.8 Å². The lowest BCUT2D eigenvalue weighted by Gasteiger charge is -2.11. The Morgan fingerprint density at radius 2 is 1.96 bits per heavy atom. The van der Waals surface area contributed by atoms with Crippen molar-refractivity contribution in [3.63, 3.8) is 0 Å². The first-order chi connectivity index (χ1) is 12.2. The number of amides is 1. The lowest BCUT2D eigenvalue weighted by Crippen LogP contribution is -2.31. The minimum Gasteiger partial charge on any atom is -0.354 e. The standard InChI is InChI=1S/C20H25N3O2/c24-19(11-10-16-6-2-1-3-7-16)21-12-13-23-15-22-18(14-20(23)25)17-8-4-5-9-17/h1-3,6-7,14-15,17H,4-5,8-13H2,(H,21,24). The smallest absolute Gasteiger partial charge is 0.253 e. The van der Waals surface area contributed by atoms with E-state index in [-0.39, 0.29) is 11.5 Å². The molecule has 1 aliphatic carbocycles. The summed E-state index contributed by atoms with van der Waals surface area (Å²) < 4.78 is 1.57. The van der Waals surface area contributed by atoms with Crippen molar-refractivity contribution in [3.8, 4) is 0 Å². The van der Waals surface area contributed by atoms with Gasteiger partial charge in [-0.15, -0.1) is 0 Å². The van der Waals surface area contributed by atoms with Gasteiger partial charge in [-0.2, -0.15) is 0 Å². The number of benzene rings is 1. The highest BCUT2D eigenvalue weighted by atomic mass is 16.1. The van der Waals surface area contributed by atoms with Crippen molar-refractivity contribution < 1.29 is 4.79 Å². The maximum absolute atomic E-state index is 12.2. The zero-order valence-corrected chi connectivity index (χ0v) is 14.5. The molecule has 2 aromatic rings. The molecule has 0 atom stereocenters. The van der Waals surface area contributed by atoms with E-state index in [0.717, 1.165) is 30.5 Å². The molecule has 5 heteroatoms. The van der Waals surface area contributed by atoms with Crippen molar-refractivity contribution in [3.05, 3.63) is 64.3 Å². The van der Waals surface area contributed by atoms with E-state index in [9.17, 15) is 9.59 Å². The largest absolute Gasteiger partial charge is 0.354 e. The number of nitrogens with zero attached hydrogens (tertiary/aromatic N) is 2. The lowest BCUT2D eigenvalue weighted by atomic mass is 10.0. The highest BCUT2D eigenvalue weighted by Gasteiger charge is 2.18. The van der Waals surface area contributed by atoms with Crippen LogP contribution in [-0.4, -0.2) is 22.0 Å². The van der Waals surface area contributed by atoms with Crippen molar-refractivity contribution >= 4 is 5.91 Å². The first-order valence-electron chi connectivity index (χ1n) is 9.09. The van der Waals surface area contributed by atoms with Gasteiger partial charge in [-0.1, -0.05) is 43.2 Å². The van der Waals surface area contributed by atoms with Crippen LogP contribution in [-0.2, 0) is 17.8 Å². The Morgan fingerprint density at radius 1 is 1.20 bits per heavy atom.